The highest BCUT2D eigenvalue weighted by atomic mass is 16.2. The Hall–Kier alpha value is -1.08. The van der Waals surface area contributed by atoms with E-state index in [0.29, 0.717) is 12.5 Å². The Labute approximate surface area is 78.3 Å². The van der Waals surface area contributed by atoms with Gasteiger partial charge in [0.1, 0.15) is 6.42 Å². The van der Waals surface area contributed by atoms with Gasteiger partial charge in [-0.25, -0.2) is 0 Å². The zero-order chi connectivity index (χ0) is 9.84. The normalized spacial score (nSPS) is 28.2. The highest BCUT2D eigenvalue weighted by Gasteiger charge is 2.25. The molecule has 4 heteroatoms. The second kappa shape index (κ2) is 4.24. The van der Waals surface area contributed by atoms with Gasteiger partial charge in [-0.1, -0.05) is 6.92 Å². The summed E-state index contributed by atoms with van der Waals surface area (Å²) in [7, 11) is 0. The molecular weight excluding hydrogens is 166 g/mol. The van der Waals surface area contributed by atoms with Gasteiger partial charge < -0.3 is 10.6 Å². The molecule has 1 aliphatic rings. The van der Waals surface area contributed by atoms with Gasteiger partial charge in [0, 0.05) is 19.1 Å². The van der Waals surface area contributed by atoms with Crippen LogP contribution in [0.4, 0.5) is 0 Å². The number of rotatable bonds is 1. The molecule has 0 aromatic rings. The van der Waals surface area contributed by atoms with E-state index in [-0.39, 0.29) is 18.4 Å². The van der Waals surface area contributed by atoms with Crippen LogP contribution in [0.2, 0.25) is 0 Å². The van der Waals surface area contributed by atoms with Crippen LogP contribution in [-0.4, -0.2) is 29.9 Å². The predicted octanol–water partition coefficient (Wildman–Crippen LogP) is 0.0958. The summed E-state index contributed by atoms with van der Waals surface area (Å²) < 4.78 is 0. The van der Waals surface area contributed by atoms with Gasteiger partial charge >= 0.3 is 0 Å². The minimum Gasteiger partial charge on any atom is -0.340 e. The molecule has 1 aliphatic heterocycles. The summed E-state index contributed by atoms with van der Waals surface area (Å²) in [6, 6.07) is 1.92. The van der Waals surface area contributed by atoms with Crippen LogP contribution >= 0.6 is 0 Å². The van der Waals surface area contributed by atoms with E-state index in [1.165, 1.54) is 0 Å². The van der Waals surface area contributed by atoms with Crippen molar-refractivity contribution in [1.82, 2.24) is 4.90 Å². The zero-order valence-corrected chi connectivity index (χ0v) is 7.86. The van der Waals surface area contributed by atoms with Crippen molar-refractivity contribution < 1.29 is 4.79 Å². The number of nitrogens with zero attached hydrogens (tertiary/aromatic N) is 2. The molecule has 0 radical (unpaired) electrons. The quantitative estimate of drug-likeness (QED) is 0.623. The van der Waals surface area contributed by atoms with Crippen LogP contribution in [0, 0.1) is 17.2 Å². The molecule has 4 nitrogen and oxygen atoms in total. The van der Waals surface area contributed by atoms with Crippen LogP contribution in [0.1, 0.15) is 19.8 Å². The molecule has 1 saturated heterocycles. The van der Waals surface area contributed by atoms with E-state index in [0.717, 1.165) is 13.0 Å². The molecule has 0 spiro atoms. The first-order chi connectivity index (χ1) is 6.15. The van der Waals surface area contributed by atoms with Crippen molar-refractivity contribution in [2.45, 2.75) is 25.8 Å². The van der Waals surface area contributed by atoms with Gasteiger partial charge in [0.15, 0.2) is 0 Å². The lowest BCUT2D eigenvalue weighted by molar-refractivity contribution is -0.131. The topological polar surface area (TPSA) is 70.1 Å². The van der Waals surface area contributed by atoms with Crippen LogP contribution < -0.4 is 5.73 Å². The molecule has 0 aromatic heterocycles. The van der Waals surface area contributed by atoms with Crippen molar-refractivity contribution in [2.24, 2.45) is 11.7 Å². The molecule has 0 bridgehead atoms. The number of nitrogens with two attached hydrogens (primary N) is 1. The summed E-state index contributed by atoms with van der Waals surface area (Å²) in [5.41, 5.74) is 5.83. The largest absolute Gasteiger partial charge is 0.340 e. The fourth-order valence-corrected chi connectivity index (χ4v) is 1.51. The van der Waals surface area contributed by atoms with Crippen LogP contribution in [0.5, 0.6) is 0 Å². The van der Waals surface area contributed by atoms with Crippen molar-refractivity contribution in [1.29, 1.82) is 5.26 Å². The van der Waals surface area contributed by atoms with Crippen LogP contribution in [-0.2, 0) is 4.79 Å². The maximum Gasteiger partial charge on any atom is 0.236 e. The van der Waals surface area contributed by atoms with Crippen molar-refractivity contribution in [3.8, 4) is 6.07 Å². The SMILES string of the molecule is C[C@@H]1CCN(C(=O)CC#N)C[C@@H]1N. The predicted molar refractivity (Wildman–Crippen MR) is 48.6 cm³/mol. The lowest BCUT2D eigenvalue weighted by Crippen LogP contribution is -2.49. The van der Waals surface area contributed by atoms with Gasteiger partial charge in [-0.05, 0) is 12.3 Å². The summed E-state index contributed by atoms with van der Waals surface area (Å²) >= 11 is 0. The smallest absolute Gasteiger partial charge is 0.236 e. The van der Waals surface area contributed by atoms with Gasteiger partial charge in [-0.2, -0.15) is 5.26 Å². The Morgan fingerprint density at radius 2 is 2.46 bits per heavy atom. The molecule has 1 heterocycles. The Morgan fingerprint density at radius 3 is 3.00 bits per heavy atom. The molecule has 2 atom stereocenters. The van der Waals surface area contributed by atoms with E-state index in [1.807, 2.05) is 6.07 Å². The number of piperidine rings is 1. The number of amides is 1. The number of nitriles is 1. The van der Waals surface area contributed by atoms with Crippen molar-refractivity contribution in [3.05, 3.63) is 0 Å². The molecule has 0 aliphatic carbocycles. The monoisotopic (exact) mass is 181 g/mol. The van der Waals surface area contributed by atoms with E-state index in [1.54, 1.807) is 4.90 Å². The van der Waals surface area contributed by atoms with Crippen LogP contribution in [0.15, 0.2) is 0 Å². The maximum atomic E-state index is 11.3. The lowest BCUT2D eigenvalue weighted by atomic mass is 9.94. The minimum atomic E-state index is -0.0927. The van der Waals surface area contributed by atoms with Gasteiger partial charge in [0.05, 0.1) is 6.07 Å². The highest BCUT2D eigenvalue weighted by Crippen LogP contribution is 2.15. The summed E-state index contributed by atoms with van der Waals surface area (Å²) in [5.74, 6) is 0.385. The van der Waals surface area contributed by atoms with Gasteiger partial charge in [-0.3, -0.25) is 4.79 Å². The van der Waals surface area contributed by atoms with Crippen LogP contribution in [0.3, 0.4) is 0 Å². The third kappa shape index (κ3) is 2.43. The highest BCUT2D eigenvalue weighted by molar-refractivity contribution is 5.78. The number of hydrogen-bond acceptors (Lipinski definition) is 3. The summed E-state index contributed by atoms with van der Waals surface area (Å²) in [6.45, 7) is 3.44. The third-order valence-electron chi connectivity index (χ3n) is 2.60. The molecule has 72 valence electrons. The molecule has 13 heavy (non-hydrogen) atoms. The second-order valence-electron chi connectivity index (χ2n) is 3.60. The second-order valence-corrected chi connectivity index (χ2v) is 3.60. The van der Waals surface area contributed by atoms with E-state index in [9.17, 15) is 4.79 Å². The van der Waals surface area contributed by atoms with E-state index in [2.05, 4.69) is 6.92 Å². The molecule has 0 aromatic carbocycles. The van der Waals surface area contributed by atoms with E-state index >= 15 is 0 Å². The minimum absolute atomic E-state index is 0.0267. The summed E-state index contributed by atoms with van der Waals surface area (Å²) in [5, 5.41) is 8.36. The van der Waals surface area contributed by atoms with Gasteiger partial charge in [0.25, 0.3) is 0 Å². The van der Waals surface area contributed by atoms with Crippen LogP contribution in [0.25, 0.3) is 0 Å². The fraction of sp³-hybridized carbons (Fsp3) is 0.778. The summed E-state index contributed by atoms with van der Waals surface area (Å²) in [6.07, 6.45) is 0.916. The van der Waals surface area contributed by atoms with E-state index in [4.69, 9.17) is 11.0 Å². The average Bonchev–Trinajstić information content (AvgIpc) is 2.10. The van der Waals surface area contributed by atoms with E-state index < -0.39 is 0 Å². The van der Waals surface area contributed by atoms with Crippen molar-refractivity contribution >= 4 is 5.91 Å². The Morgan fingerprint density at radius 1 is 1.77 bits per heavy atom. The molecule has 1 amide bonds. The number of carbonyl (C=O) groups excluding carboxylic acids is 1. The van der Waals surface area contributed by atoms with Crippen molar-refractivity contribution in [2.75, 3.05) is 13.1 Å². The molecule has 2 N–H and O–H groups in total. The first-order valence-electron chi connectivity index (χ1n) is 4.55. The van der Waals surface area contributed by atoms with Crippen molar-refractivity contribution in [3.63, 3.8) is 0 Å². The Kier molecular flexibility index (Phi) is 3.26. The number of likely N-dealkylation sites (tertiary alicyclic amines) is 1. The Balaban J connectivity index is 2.46. The molecule has 0 unspecified atom stereocenters. The average molecular weight is 181 g/mol. The lowest BCUT2D eigenvalue weighted by Gasteiger charge is -2.34. The maximum absolute atomic E-state index is 11.3. The number of carbonyl (C=O) groups is 1. The molecule has 0 saturated carbocycles. The first-order valence-corrected chi connectivity index (χ1v) is 4.55. The first kappa shape index (κ1) is 10.0. The Bertz CT molecular complexity index is 234. The number of hydrogen-bond donors (Lipinski definition) is 1. The zero-order valence-electron chi connectivity index (χ0n) is 7.86. The van der Waals surface area contributed by atoms with Gasteiger partial charge in [0.2, 0.25) is 5.91 Å². The summed E-state index contributed by atoms with van der Waals surface area (Å²) in [4.78, 5) is 13.0. The molecule has 1 rings (SSSR count). The fourth-order valence-electron chi connectivity index (χ4n) is 1.51. The standard InChI is InChI=1S/C9H15N3O/c1-7-3-5-12(6-8(7)11)9(13)2-4-10/h7-8H,2-3,5-6,11H2,1H3/t7-,8+/m1/s1. The third-order valence-corrected chi connectivity index (χ3v) is 2.60. The molecule has 1 fully saturated rings. The van der Waals surface area contributed by atoms with Gasteiger partial charge in [-0.15, -0.1) is 0 Å². The molecular formula is C9H15N3O.